The summed E-state index contributed by atoms with van der Waals surface area (Å²) in [7, 11) is 0. The van der Waals surface area contributed by atoms with E-state index in [2.05, 4.69) is 186 Å². The van der Waals surface area contributed by atoms with Crippen LogP contribution in [0.15, 0.2) is 170 Å². The first-order valence-corrected chi connectivity index (χ1v) is 16.3. The molecule has 0 fully saturated rings. The topological polar surface area (TPSA) is 9.86 Å². The van der Waals surface area contributed by atoms with Crippen molar-refractivity contribution in [1.82, 2.24) is 9.13 Å². The van der Waals surface area contributed by atoms with E-state index in [9.17, 15) is 0 Å². The number of aromatic nitrogens is 2. The zero-order valence-corrected chi connectivity index (χ0v) is 26.5. The van der Waals surface area contributed by atoms with Crippen molar-refractivity contribution in [2.75, 3.05) is 0 Å². The first-order valence-electron chi connectivity index (χ1n) is 16.3. The summed E-state index contributed by atoms with van der Waals surface area (Å²) in [5.41, 5.74) is 11.8. The summed E-state index contributed by atoms with van der Waals surface area (Å²) < 4.78 is 4.74. The SMILES string of the molecule is C=C/C=c1\c(=C)ccc2c1c1cc(-c3ccc4c(c3)c3cc(-c5ccccc5)ccc3n4-c3ccccc3)ccc1n2-c1ccccc1. The fraction of sp³-hybridized carbons (Fsp3) is 0. The van der Waals surface area contributed by atoms with Gasteiger partial charge in [0.1, 0.15) is 0 Å². The Morgan fingerprint density at radius 2 is 0.854 bits per heavy atom. The number of nitrogens with zero attached hydrogens (tertiary/aromatic N) is 2. The Kier molecular flexibility index (Phi) is 6.48. The molecule has 9 aromatic rings. The lowest BCUT2D eigenvalue weighted by molar-refractivity contribution is 1.18. The molecule has 0 unspecified atom stereocenters. The lowest BCUT2D eigenvalue weighted by Gasteiger charge is -2.09. The summed E-state index contributed by atoms with van der Waals surface area (Å²) >= 11 is 0. The highest BCUT2D eigenvalue weighted by atomic mass is 15.0. The van der Waals surface area contributed by atoms with Crippen LogP contribution in [0.5, 0.6) is 0 Å². The van der Waals surface area contributed by atoms with E-state index in [1.165, 1.54) is 60.3 Å². The van der Waals surface area contributed by atoms with Crippen LogP contribution in [0.3, 0.4) is 0 Å². The second-order valence-electron chi connectivity index (χ2n) is 12.3. The first-order chi connectivity index (χ1) is 23.7. The number of fused-ring (bicyclic) bond motifs is 6. The Balaban J connectivity index is 1.32. The van der Waals surface area contributed by atoms with Crippen molar-refractivity contribution in [1.29, 1.82) is 0 Å². The highest BCUT2D eigenvalue weighted by Gasteiger charge is 2.17. The first kappa shape index (κ1) is 27.9. The van der Waals surface area contributed by atoms with Gasteiger partial charge in [0.05, 0.1) is 22.1 Å². The third kappa shape index (κ3) is 4.35. The second-order valence-corrected chi connectivity index (χ2v) is 12.3. The second kappa shape index (κ2) is 11.2. The molecule has 0 aliphatic heterocycles. The van der Waals surface area contributed by atoms with Gasteiger partial charge in [-0.1, -0.05) is 116 Å². The quantitative estimate of drug-likeness (QED) is 0.183. The fourth-order valence-corrected chi connectivity index (χ4v) is 7.39. The Morgan fingerprint density at radius 3 is 1.40 bits per heavy atom. The average Bonchev–Trinajstić information content (AvgIpc) is 3.65. The molecule has 0 spiro atoms. The van der Waals surface area contributed by atoms with Crippen LogP contribution in [-0.4, -0.2) is 9.13 Å². The minimum atomic E-state index is 0.990. The van der Waals surface area contributed by atoms with Crippen LogP contribution in [0.4, 0.5) is 0 Å². The molecule has 0 amide bonds. The molecular formula is C46H32N2. The van der Waals surface area contributed by atoms with Crippen molar-refractivity contribution >= 4 is 56.3 Å². The van der Waals surface area contributed by atoms with Crippen LogP contribution in [0.1, 0.15) is 0 Å². The predicted molar refractivity (Wildman–Crippen MR) is 205 cm³/mol. The Bertz CT molecular complexity index is 2780. The van der Waals surface area contributed by atoms with Gasteiger partial charge in [0, 0.05) is 32.9 Å². The van der Waals surface area contributed by atoms with Gasteiger partial charge in [0.2, 0.25) is 0 Å². The molecule has 0 saturated carbocycles. The van der Waals surface area contributed by atoms with Crippen molar-refractivity contribution in [2.45, 2.75) is 0 Å². The molecule has 0 atom stereocenters. The number of hydrogen-bond donors (Lipinski definition) is 0. The maximum absolute atomic E-state index is 4.39. The molecule has 2 heterocycles. The monoisotopic (exact) mass is 612 g/mol. The summed E-state index contributed by atoms with van der Waals surface area (Å²) in [6.45, 7) is 8.41. The number of rotatable bonds is 5. The van der Waals surface area contributed by atoms with Crippen molar-refractivity contribution in [3.63, 3.8) is 0 Å². The van der Waals surface area contributed by atoms with Gasteiger partial charge in [0.15, 0.2) is 0 Å². The molecule has 48 heavy (non-hydrogen) atoms. The molecule has 2 aromatic heterocycles. The largest absolute Gasteiger partial charge is 0.309 e. The lowest BCUT2D eigenvalue weighted by atomic mass is 9.99. The Labute approximate surface area is 279 Å². The van der Waals surface area contributed by atoms with Crippen LogP contribution < -0.4 is 10.4 Å². The van der Waals surface area contributed by atoms with Gasteiger partial charge in [-0.25, -0.2) is 0 Å². The van der Waals surface area contributed by atoms with Crippen LogP contribution >= 0.6 is 0 Å². The maximum Gasteiger partial charge on any atom is 0.0547 e. The highest BCUT2D eigenvalue weighted by Crippen LogP contribution is 2.38. The van der Waals surface area contributed by atoms with E-state index in [1.54, 1.807) is 0 Å². The van der Waals surface area contributed by atoms with Crippen LogP contribution in [0.2, 0.25) is 0 Å². The van der Waals surface area contributed by atoms with E-state index >= 15 is 0 Å². The molecule has 0 aliphatic rings. The zero-order valence-electron chi connectivity index (χ0n) is 26.5. The summed E-state index contributed by atoms with van der Waals surface area (Å²) in [6, 6.07) is 56.8. The van der Waals surface area contributed by atoms with Gasteiger partial charge in [0.25, 0.3) is 0 Å². The van der Waals surface area contributed by atoms with E-state index in [0.29, 0.717) is 0 Å². The minimum absolute atomic E-state index is 0.990. The van der Waals surface area contributed by atoms with Crippen LogP contribution in [0, 0.1) is 0 Å². The average molecular weight is 613 g/mol. The molecule has 9 rings (SSSR count). The molecule has 2 heteroatoms. The highest BCUT2D eigenvalue weighted by molar-refractivity contribution is 6.13. The van der Waals surface area contributed by atoms with Gasteiger partial charge < -0.3 is 9.13 Å². The van der Waals surface area contributed by atoms with Crippen molar-refractivity contribution < 1.29 is 0 Å². The smallest absolute Gasteiger partial charge is 0.0547 e. The van der Waals surface area contributed by atoms with Gasteiger partial charge in [-0.2, -0.15) is 0 Å². The molecule has 0 N–H and O–H groups in total. The lowest BCUT2D eigenvalue weighted by Crippen LogP contribution is -2.23. The molecule has 7 aromatic carbocycles. The third-order valence-electron chi connectivity index (χ3n) is 9.58. The molecule has 0 aliphatic carbocycles. The Hall–Kier alpha value is -6.38. The maximum atomic E-state index is 4.39. The van der Waals surface area contributed by atoms with E-state index in [0.717, 1.165) is 27.3 Å². The van der Waals surface area contributed by atoms with Gasteiger partial charge in [-0.3, -0.25) is 0 Å². The van der Waals surface area contributed by atoms with E-state index in [1.807, 2.05) is 6.08 Å². The molecular weight excluding hydrogens is 581 g/mol. The summed E-state index contributed by atoms with van der Waals surface area (Å²) in [6.07, 6.45) is 3.94. The Morgan fingerprint density at radius 1 is 0.417 bits per heavy atom. The normalized spacial score (nSPS) is 12.0. The standard InChI is InChI=1S/C46H32N2/c1-3-13-38-31(2)20-24-45-46(38)41-30-35(23-27-44(41)48(45)37-18-11-6-12-19-37)34-22-26-43-40(29-34)39-28-33(32-14-7-4-8-15-32)21-25-42(39)47(43)36-16-9-5-10-17-36/h3-30H,1-2H2/b38-13+. The van der Waals surface area contributed by atoms with E-state index in [-0.39, 0.29) is 0 Å². The van der Waals surface area contributed by atoms with Crippen molar-refractivity contribution in [3.8, 4) is 33.6 Å². The summed E-state index contributed by atoms with van der Waals surface area (Å²) in [4.78, 5) is 0. The predicted octanol–water partition coefficient (Wildman–Crippen LogP) is 10.6. The minimum Gasteiger partial charge on any atom is -0.309 e. The summed E-state index contributed by atoms with van der Waals surface area (Å²) in [5.74, 6) is 0. The molecule has 0 bridgehead atoms. The fourth-order valence-electron chi connectivity index (χ4n) is 7.39. The number of para-hydroxylation sites is 2. The van der Waals surface area contributed by atoms with Crippen molar-refractivity contribution in [2.24, 2.45) is 0 Å². The molecule has 0 radical (unpaired) electrons. The molecule has 2 nitrogen and oxygen atoms in total. The molecule has 0 saturated heterocycles. The summed E-state index contributed by atoms with van der Waals surface area (Å²) in [5, 5.41) is 6.96. The van der Waals surface area contributed by atoms with Gasteiger partial charge in [-0.15, -0.1) is 0 Å². The zero-order chi connectivity index (χ0) is 32.2. The van der Waals surface area contributed by atoms with E-state index in [4.69, 9.17) is 0 Å². The van der Waals surface area contributed by atoms with Gasteiger partial charge >= 0.3 is 0 Å². The number of allylic oxidation sites excluding steroid dienone is 1. The number of benzene rings is 7. The van der Waals surface area contributed by atoms with Crippen LogP contribution in [-0.2, 0) is 0 Å². The van der Waals surface area contributed by atoms with E-state index < -0.39 is 0 Å². The van der Waals surface area contributed by atoms with Crippen molar-refractivity contribution in [3.05, 3.63) is 181 Å². The third-order valence-corrected chi connectivity index (χ3v) is 9.58. The van der Waals surface area contributed by atoms with Crippen LogP contribution in [0.25, 0.3) is 89.9 Å². The molecule has 226 valence electrons. The van der Waals surface area contributed by atoms with Gasteiger partial charge in [-0.05, 0) is 99.4 Å². The number of hydrogen-bond acceptors (Lipinski definition) is 0.